The zero-order valence-corrected chi connectivity index (χ0v) is 16.0. The molecule has 28 heavy (non-hydrogen) atoms. The molecule has 2 aromatic carbocycles. The summed E-state index contributed by atoms with van der Waals surface area (Å²) in [5.41, 5.74) is 3.16. The van der Waals surface area contributed by atoms with E-state index in [9.17, 15) is 4.79 Å². The fraction of sp³-hybridized carbons (Fsp3) is 0.261. The minimum Gasteiger partial charge on any atom is -0.497 e. The summed E-state index contributed by atoms with van der Waals surface area (Å²) in [7, 11) is 1.63. The molecule has 1 aliphatic carbocycles. The second-order valence-corrected chi connectivity index (χ2v) is 7.13. The van der Waals surface area contributed by atoms with Gasteiger partial charge in [0.15, 0.2) is 0 Å². The molecule has 0 saturated heterocycles. The van der Waals surface area contributed by atoms with E-state index in [1.54, 1.807) is 7.11 Å². The van der Waals surface area contributed by atoms with Gasteiger partial charge in [0.2, 0.25) is 0 Å². The monoisotopic (exact) mass is 375 g/mol. The lowest BCUT2D eigenvalue weighted by Crippen LogP contribution is -2.36. The van der Waals surface area contributed by atoms with E-state index in [1.165, 1.54) is 5.56 Å². The second kappa shape index (κ2) is 8.21. The van der Waals surface area contributed by atoms with E-state index in [0.29, 0.717) is 12.6 Å². The smallest absolute Gasteiger partial charge is 0.322 e. The van der Waals surface area contributed by atoms with Gasteiger partial charge in [0.05, 0.1) is 13.7 Å². The molecule has 1 fully saturated rings. The molecule has 1 saturated carbocycles. The molecule has 1 N–H and O–H groups in total. The Morgan fingerprint density at radius 1 is 1.07 bits per heavy atom. The van der Waals surface area contributed by atoms with E-state index >= 15 is 0 Å². The van der Waals surface area contributed by atoms with E-state index in [2.05, 4.69) is 46.4 Å². The number of hydrogen-bond acceptors (Lipinski definition) is 2. The molecule has 5 heteroatoms. The summed E-state index contributed by atoms with van der Waals surface area (Å²) >= 11 is 0. The minimum absolute atomic E-state index is 0.0554. The summed E-state index contributed by atoms with van der Waals surface area (Å²) in [6.45, 7) is 1.41. The van der Waals surface area contributed by atoms with Gasteiger partial charge >= 0.3 is 6.03 Å². The van der Waals surface area contributed by atoms with Gasteiger partial charge in [-0.2, -0.15) is 0 Å². The van der Waals surface area contributed by atoms with E-state index in [0.717, 1.165) is 36.5 Å². The first-order chi connectivity index (χ1) is 13.7. The van der Waals surface area contributed by atoms with Crippen LogP contribution in [0.25, 0.3) is 0 Å². The number of aromatic nitrogens is 1. The Labute approximate surface area is 165 Å². The standard InChI is InChI=1S/C23H25N3O2/c1-28-22-13-9-19(10-14-22)24-23(27)26(20-11-12-20)17-21-8-5-15-25(21)16-18-6-3-2-4-7-18/h2-10,13-15,20H,11-12,16-17H2,1H3,(H,24,27). The topological polar surface area (TPSA) is 46.5 Å². The third-order valence-corrected chi connectivity index (χ3v) is 5.04. The van der Waals surface area contributed by atoms with Gasteiger partial charge in [0.25, 0.3) is 0 Å². The van der Waals surface area contributed by atoms with Crippen LogP contribution in [-0.2, 0) is 13.1 Å². The number of benzene rings is 2. The number of rotatable bonds is 7. The van der Waals surface area contributed by atoms with Crippen LogP contribution in [0, 0.1) is 0 Å². The van der Waals surface area contributed by atoms with Crippen molar-refractivity contribution in [3.05, 3.63) is 84.2 Å². The lowest BCUT2D eigenvalue weighted by molar-refractivity contribution is 0.204. The number of hydrogen-bond donors (Lipinski definition) is 1. The van der Waals surface area contributed by atoms with Gasteiger partial charge in [-0.1, -0.05) is 30.3 Å². The lowest BCUT2D eigenvalue weighted by Gasteiger charge is -2.24. The van der Waals surface area contributed by atoms with Crippen molar-refractivity contribution >= 4 is 11.7 Å². The summed E-state index contributed by atoms with van der Waals surface area (Å²) in [5.74, 6) is 0.774. The molecule has 5 nitrogen and oxygen atoms in total. The van der Waals surface area contributed by atoms with E-state index < -0.39 is 0 Å². The third kappa shape index (κ3) is 4.36. The highest BCUT2D eigenvalue weighted by Gasteiger charge is 2.33. The predicted octanol–water partition coefficient (Wildman–Crippen LogP) is 4.74. The molecule has 0 unspecified atom stereocenters. The number of carbonyl (C=O) groups is 1. The number of methoxy groups -OCH3 is 1. The zero-order valence-electron chi connectivity index (χ0n) is 16.0. The summed E-state index contributed by atoms with van der Waals surface area (Å²) in [4.78, 5) is 14.9. The fourth-order valence-electron chi connectivity index (χ4n) is 3.32. The predicted molar refractivity (Wildman–Crippen MR) is 111 cm³/mol. The van der Waals surface area contributed by atoms with E-state index in [-0.39, 0.29) is 6.03 Å². The van der Waals surface area contributed by atoms with E-state index in [4.69, 9.17) is 4.74 Å². The molecule has 1 aromatic heterocycles. The molecule has 4 rings (SSSR count). The van der Waals surface area contributed by atoms with Crippen LogP contribution in [0.2, 0.25) is 0 Å². The number of nitrogens with one attached hydrogen (secondary N) is 1. The molecule has 3 aromatic rings. The molecule has 0 spiro atoms. The Morgan fingerprint density at radius 3 is 2.50 bits per heavy atom. The molecule has 2 amide bonds. The van der Waals surface area contributed by atoms with Gasteiger partial charge in [0, 0.05) is 30.2 Å². The van der Waals surface area contributed by atoms with Crippen LogP contribution in [0.1, 0.15) is 24.1 Å². The van der Waals surface area contributed by atoms with Gasteiger partial charge in [-0.15, -0.1) is 0 Å². The lowest BCUT2D eigenvalue weighted by atomic mass is 10.2. The average molecular weight is 375 g/mol. The number of carbonyl (C=O) groups excluding carboxylic acids is 1. The molecule has 0 atom stereocenters. The highest BCUT2D eigenvalue weighted by atomic mass is 16.5. The van der Waals surface area contributed by atoms with Crippen molar-refractivity contribution in [3.8, 4) is 5.75 Å². The summed E-state index contributed by atoms with van der Waals surface area (Å²) in [6.07, 6.45) is 4.21. The molecule has 0 radical (unpaired) electrons. The van der Waals surface area contributed by atoms with Crippen molar-refractivity contribution < 1.29 is 9.53 Å². The second-order valence-electron chi connectivity index (χ2n) is 7.13. The van der Waals surface area contributed by atoms with Crippen molar-refractivity contribution in [2.45, 2.75) is 32.0 Å². The zero-order chi connectivity index (χ0) is 19.3. The number of urea groups is 1. The van der Waals surface area contributed by atoms with Gasteiger partial charge in [-0.25, -0.2) is 4.79 Å². The van der Waals surface area contributed by atoms with Crippen LogP contribution in [0.5, 0.6) is 5.75 Å². The largest absolute Gasteiger partial charge is 0.497 e. The quantitative estimate of drug-likeness (QED) is 0.648. The Bertz CT molecular complexity index is 915. The van der Waals surface area contributed by atoms with Crippen LogP contribution < -0.4 is 10.1 Å². The van der Waals surface area contributed by atoms with Gasteiger partial charge in [-0.05, 0) is 54.8 Å². The number of amides is 2. The molecular weight excluding hydrogens is 350 g/mol. The molecule has 0 bridgehead atoms. The maximum Gasteiger partial charge on any atom is 0.322 e. The van der Waals surface area contributed by atoms with Gasteiger partial charge < -0.3 is 19.5 Å². The van der Waals surface area contributed by atoms with Crippen LogP contribution in [-0.4, -0.2) is 28.6 Å². The first-order valence-electron chi connectivity index (χ1n) is 9.62. The highest BCUT2D eigenvalue weighted by Crippen LogP contribution is 2.29. The summed E-state index contributed by atoms with van der Waals surface area (Å²) in [6, 6.07) is 22.2. The van der Waals surface area contributed by atoms with Crippen molar-refractivity contribution in [1.82, 2.24) is 9.47 Å². The Hall–Kier alpha value is -3.21. The maximum atomic E-state index is 12.9. The fourth-order valence-corrected chi connectivity index (χ4v) is 3.32. The maximum absolute atomic E-state index is 12.9. The normalized spacial score (nSPS) is 13.2. The van der Waals surface area contributed by atoms with Gasteiger partial charge in [0.1, 0.15) is 5.75 Å². The van der Waals surface area contributed by atoms with Crippen LogP contribution in [0.3, 0.4) is 0 Å². The average Bonchev–Trinajstić information content (AvgIpc) is 3.48. The Morgan fingerprint density at radius 2 is 1.82 bits per heavy atom. The van der Waals surface area contributed by atoms with Gasteiger partial charge in [-0.3, -0.25) is 0 Å². The van der Waals surface area contributed by atoms with Crippen molar-refractivity contribution in [2.75, 3.05) is 12.4 Å². The SMILES string of the molecule is COc1ccc(NC(=O)N(Cc2cccn2Cc2ccccc2)C2CC2)cc1. The number of nitrogens with zero attached hydrogens (tertiary/aromatic N) is 2. The molecular formula is C23H25N3O2. The molecule has 1 heterocycles. The Kier molecular flexibility index (Phi) is 5.33. The van der Waals surface area contributed by atoms with E-state index in [1.807, 2.05) is 41.3 Å². The van der Waals surface area contributed by atoms with Crippen molar-refractivity contribution in [2.24, 2.45) is 0 Å². The number of ether oxygens (including phenoxy) is 1. The first-order valence-corrected chi connectivity index (χ1v) is 9.62. The van der Waals surface area contributed by atoms with Crippen LogP contribution >= 0.6 is 0 Å². The van der Waals surface area contributed by atoms with Crippen molar-refractivity contribution in [3.63, 3.8) is 0 Å². The van der Waals surface area contributed by atoms with Crippen LogP contribution in [0.4, 0.5) is 10.5 Å². The van der Waals surface area contributed by atoms with Crippen molar-refractivity contribution in [1.29, 1.82) is 0 Å². The third-order valence-electron chi connectivity index (χ3n) is 5.04. The summed E-state index contributed by atoms with van der Waals surface area (Å²) < 4.78 is 7.39. The molecule has 0 aliphatic heterocycles. The minimum atomic E-state index is -0.0554. The number of anilines is 1. The summed E-state index contributed by atoms with van der Waals surface area (Å²) in [5, 5.41) is 3.02. The highest BCUT2D eigenvalue weighted by molar-refractivity contribution is 5.89. The first kappa shape index (κ1) is 18.2. The van der Waals surface area contributed by atoms with Crippen LogP contribution in [0.15, 0.2) is 72.9 Å². The molecule has 144 valence electrons. The Balaban J connectivity index is 1.45. The molecule has 1 aliphatic rings.